The van der Waals surface area contributed by atoms with E-state index in [-0.39, 0.29) is 23.3 Å². The van der Waals surface area contributed by atoms with E-state index in [9.17, 15) is 14.9 Å². The van der Waals surface area contributed by atoms with Gasteiger partial charge in [0.05, 0.1) is 18.1 Å². The maximum absolute atomic E-state index is 11.7. The van der Waals surface area contributed by atoms with Gasteiger partial charge in [-0.1, -0.05) is 12.5 Å². The molecule has 1 unspecified atom stereocenters. The number of hydrogen-bond acceptors (Lipinski definition) is 5. The fraction of sp³-hybridized carbons (Fsp3) is 0.533. The summed E-state index contributed by atoms with van der Waals surface area (Å²) < 4.78 is 5.00. The molecule has 0 saturated carbocycles. The third-order valence-corrected chi connectivity index (χ3v) is 3.91. The van der Waals surface area contributed by atoms with Gasteiger partial charge in [-0.2, -0.15) is 0 Å². The molecule has 0 N–H and O–H groups in total. The summed E-state index contributed by atoms with van der Waals surface area (Å²) in [7, 11) is 1.42. The lowest BCUT2D eigenvalue weighted by molar-refractivity contribution is -0.385. The van der Waals surface area contributed by atoms with Crippen LogP contribution in [0.3, 0.4) is 0 Å². The number of hydrogen-bond donors (Lipinski definition) is 0. The molecule has 1 fully saturated rings. The zero-order valence-electron chi connectivity index (χ0n) is 12.4. The lowest BCUT2D eigenvalue weighted by Crippen LogP contribution is -2.43. The first-order valence-electron chi connectivity index (χ1n) is 7.08. The average Bonchev–Trinajstić information content (AvgIpc) is 2.47. The number of likely N-dealkylation sites (tertiary alicyclic amines) is 1. The van der Waals surface area contributed by atoms with E-state index in [4.69, 9.17) is 4.74 Å². The summed E-state index contributed by atoms with van der Waals surface area (Å²) in [4.78, 5) is 24.4. The van der Waals surface area contributed by atoms with Gasteiger partial charge in [-0.15, -0.1) is 0 Å². The van der Waals surface area contributed by atoms with Crippen molar-refractivity contribution in [1.82, 2.24) is 4.90 Å². The normalized spacial score (nSPS) is 19.2. The molecule has 2 rings (SSSR count). The third-order valence-electron chi connectivity index (χ3n) is 3.91. The van der Waals surface area contributed by atoms with Crippen molar-refractivity contribution in [2.75, 3.05) is 13.7 Å². The van der Waals surface area contributed by atoms with Crippen molar-refractivity contribution in [2.45, 2.75) is 38.8 Å². The van der Waals surface area contributed by atoms with Crippen LogP contribution in [0.4, 0.5) is 5.69 Å². The van der Waals surface area contributed by atoms with Crippen molar-refractivity contribution in [3.63, 3.8) is 0 Å². The fourth-order valence-electron chi connectivity index (χ4n) is 2.85. The van der Waals surface area contributed by atoms with E-state index in [0.717, 1.165) is 31.4 Å². The molecule has 1 saturated heterocycles. The van der Waals surface area contributed by atoms with E-state index in [1.54, 1.807) is 13.0 Å². The number of piperidine rings is 1. The Morgan fingerprint density at radius 3 is 2.86 bits per heavy atom. The van der Waals surface area contributed by atoms with Gasteiger partial charge >= 0.3 is 5.69 Å². The van der Waals surface area contributed by atoms with Crippen LogP contribution in [0.5, 0.6) is 5.75 Å². The van der Waals surface area contributed by atoms with Gasteiger partial charge in [0.15, 0.2) is 5.75 Å². The maximum Gasteiger partial charge on any atom is 0.311 e. The van der Waals surface area contributed by atoms with Crippen LogP contribution in [-0.2, 0) is 11.3 Å². The zero-order valence-corrected chi connectivity index (χ0v) is 12.4. The summed E-state index contributed by atoms with van der Waals surface area (Å²) in [5.74, 6) is 0.420. The Hall–Kier alpha value is -1.95. The molecule has 0 bridgehead atoms. The molecule has 1 aliphatic rings. The number of nitrogens with zero attached hydrogens (tertiary/aromatic N) is 2. The van der Waals surface area contributed by atoms with Crippen LogP contribution in [0, 0.1) is 10.1 Å². The molecule has 6 nitrogen and oxygen atoms in total. The van der Waals surface area contributed by atoms with Gasteiger partial charge in [0, 0.05) is 12.6 Å². The number of ketones is 1. The van der Waals surface area contributed by atoms with Crippen LogP contribution in [0.2, 0.25) is 0 Å². The zero-order chi connectivity index (χ0) is 15.4. The minimum atomic E-state index is -0.443. The van der Waals surface area contributed by atoms with E-state index in [1.807, 2.05) is 6.07 Å². The Balaban J connectivity index is 2.20. The lowest BCUT2D eigenvalue weighted by Gasteiger charge is -2.34. The first-order valence-corrected chi connectivity index (χ1v) is 7.08. The van der Waals surface area contributed by atoms with Crippen molar-refractivity contribution in [1.29, 1.82) is 0 Å². The topological polar surface area (TPSA) is 72.7 Å². The minimum Gasteiger partial charge on any atom is -0.490 e. The van der Waals surface area contributed by atoms with Crippen molar-refractivity contribution < 1.29 is 14.5 Å². The Kier molecular flexibility index (Phi) is 4.90. The van der Waals surface area contributed by atoms with Gasteiger partial charge in [0.1, 0.15) is 5.78 Å². The predicted octanol–water partition coefficient (Wildman–Crippen LogP) is 2.55. The molecule has 1 aromatic carbocycles. The molecule has 1 atom stereocenters. The van der Waals surface area contributed by atoms with E-state index in [1.165, 1.54) is 13.2 Å². The summed E-state index contributed by atoms with van der Waals surface area (Å²) in [5.41, 5.74) is 0.794. The summed E-state index contributed by atoms with van der Waals surface area (Å²) in [5, 5.41) is 11.1. The highest BCUT2D eigenvalue weighted by Gasteiger charge is 2.26. The third kappa shape index (κ3) is 3.58. The molecular formula is C15H20N2O4. The van der Waals surface area contributed by atoms with Crippen molar-refractivity contribution >= 4 is 11.5 Å². The largest absolute Gasteiger partial charge is 0.490 e. The van der Waals surface area contributed by atoms with Crippen LogP contribution in [-0.4, -0.2) is 35.3 Å². The molecular weight excluding hydrogens is 272 g/mol. The highest BCUT2D eigenvalue weighted by Crippen LogP contribution is 2.29. The van der Waals surface area contributed by atoms with E-state index in [0.29, 0.717) is 6.54 Å². The van der Waals surface area contributed by atoms with Crippen molar-refractivity contribution in [3.05, 3.63) is 33.9 Å². The molecule has 0 aliphatic carbocycles. The second-order valence-electron chi connectivity index (χ2n) is 5.36. The molecule has 1 aromatic rings. The Morgan fingerprint density at radius 2 is 2.24 bits per heavy atom. The second-order valence-corrected chi connectivity index (χ2v) is 5.36. The van der Waals surface area contributed by atoms with Crippen molar-refractivity contribution in [3.8, 4) is 5.75 Å². The minimum absolute atomic E-state index is 0.0358. The lowest BCUT2D eigenvalue weighted by atomic mass is 9.98. The summed E-state index contributed by atoms with van der Waals surface area (Å²) >= 11 is 0. The molecule has 21 heavy (non-hydrogen) atoms. The van der Waals surface area contributed by atoms with E-state index >= 15 is 0 Å². The van der Waals surface area contributed by atoms with Crippen LogP contribution >= 0.6 is 0 Å². The number of ether oxygens (including phenoxy) is 1. The molecule has 0 radical (unpaired) electrons. The van der Waals surface area contributed by atoms with Crippen molar-refractivity contribution in [2.24, 2.45) is 0 Å². The first kappa shape index (κ1) is 15.4. The number of rotatable bonds is 5. The quantitative estimate of drug-likeness (QED) is 0.616. The van der Waals surface area contributed by atoms with Gasteiger partial charge in [-0.3, -0.25) is 19.8 Å². The SMILES string of the molecule is COc1ccc(CN2CCCCC2C(C)=O)cc1[N+](=O)[O-]. The second kappa shape index (κ2) is 6.67. The Bertz CT molecular complexity index is 544. The highest BCUT2D eigenvalue weighted by atomic mass is 16.6. The molecule has 0 amide bonds. The Labute approximate surface area is 123 Å². The molecule has 0 aromatic heterocycles. The predicted molar refractivity (Wildman–Crippen MR) is 78.4 cm³/mol. The fourth-order valence-corrected chi connectivity index (χ4v) is 2.85. The van der Waals surface area contributed by atoms with Gasteiger partial charge in [0.2, 0.25) is 0 Å². The first-order chi connectivity index (χ1) is 10.0. The molecule has 0 spiro atoms. The number of benzene rings is 1. The average molecular weight is 292 g/mol. The number of nitro groups is 1. The van der Waals surface area contributed by atoms with E-state index in [2.05, 4.69) is 4.90 Å². The molecule has 1 aliphatic heterocycles. The van der Waals surface area contributed by atoms with Crippen LogP contribution in [0.15, 0.2) is 18.2 Å². The highest BCUT2D eigenvalue weighted by molar-refractivity contribution is 5.81. The number of carbonyl (C=O) groups excluding carboxylic acids is 1. The molecule has 114 valence electrons. The maximum atomic E-state index is 11.7. The van der Waals surface area contributed by atoms with E-state index < -0.39 is 4.92 Å². The smallest absolute Gasteiger partial charge is 0.311 e. The number of nitro benzene ring substituents is 1. The number of methoxy groups -OCH3 is 1. The summed E-state index contributed by atoms with van der Waals surface area (Å²) in [6.45, 7) is 3.01. The summed E-state index contributed by atoms with van der Waals surface area (Å²) in [6, 6.07) is 4.89. The van der Waals surface area contributed by atoms with Crippen LogP contribution in [0.1, 0.15) is 31.7 Å². The number of carbonyl (C=O) groups is 1. The standard InChI is InChI=1S/C15H20N2O4/c1-11(18)13-5-3-4-8-16(13)10-12-6-7-15(21-2)14(9-12)17(19)20/h6-7,9,13H,3-5,8,10H2,1-2H3. The van der Waals surface area contributed by atoms with Gasteiger partial charge < -0.3 is 4.74 Å². The molecule has 6 heteroatoms. The Morgan fingerprint density at radius 1 is 1.48 bits per heavy atom. The van der Waals surface area contributed by atoms with Gasteiger partial charge in [-0.25, -0.2) is 0 Å². The van der Waals surface area contributed by atoms with Crippen LogP contribution < -0.4 is 4.74 Å². The number of Topliss-reactive ketones (excluding diaryl/α,β-unsaturated/α-hetero) is 1. The van der Waals surface area contributed by atoms with Crippen LogP contribution in [0.25, 0.3) is 0 Å². The molecule has 1 heterocycles. The summed E-state index contributed by atoms with van der Waals surface area (Å²) in [6.07, 6.45) is 2.99. The monoisotopic (exact) mass is 292 g/mol. The van der Waals surface area contributed by atoms with Gasteiger partial charge in [0.25, 0.3) is 0 Å². The van der Waals surface area contributed by atoms with Gasteiger partial charge in [-0.05, 0) is 37.9 Å².